The summed E-state index contributed by atoms with van der Waals surface area (Å²) in [6.45, 7) is 5.39. The molecule has 2 unspecified atom stereocenters. The van der Waals surface area contributed by atoms with Crippen LogP contribution in [0.3, 0.4) is 0 Å². The molecule has 90 valence electrons. The van der Waals surface area contributed by atoms with E-state index in [-0.39, 0.29) is 12.1 Å². The van der Waals surface area contributed by atoms with Crippen LogP contribution >= 0.6 is 0 Å². The molecule has 0 spiro atoms. The summed E-state index contributed by atoms with van der Waals surface area (Å²) in [7, 11) is 0. The van der Waals surface area contributed by atoms with Crippen LogP contribution < -0.4 is 5.32 Å². The molecule has 0 aliphatic carbocycles. The van der Waals surface area contributed by atoms with Crippen molar-refractivity contribution in [2.45, 2.75) is 25.0 Å². The van der Waals surface area contributed by atoms with Crippen LogP contribution in [0.25, 0.3) is 0 Å². The first-order valence-electron chi connectivity index (χ1n) is 6.21. The fraction of sp³-hybridized carbons (Fsp3) is 0.909. The minimum atomic E-state index is 0.0622. The maximum absolute atomic E-state index is 11.4. The second-order valence-electron chi connectivity index (χ2n) is 4.92. The lowest BCUT2D eigenvalue weighted by Gasteiger charge is -2.36. The number of hydrogen-bond donors (Lipinski definition) is 1. The van der Waals surface area contributed by atoms with Crippen LogP contribution in [0.2, 0.25) is 0 Å². The third kappa shape index (κ3) is 1.89. The maximum Gasteiger partial charge on any atom is 0.317 e. The number of nitrogens with zero attached hydrogens (tertiary/aromatic N) is 2. The second kappa shape index (κ2) is 4.22. The maximum atomic E-state index is 11.4. The highest BCUT2D eigenvalue weighted by molar-refractivity contribution is 5.76. The Kier molecular flexibility index (Phi) is 2.73. The van der Waals surface area contributed by atoms with E-state index in [4.69, 9.17) is 4.74 Å². The Balaban J connectivity index is 1.54. The van der Waals surface area contributed by atoms with E-state index in [9.17, 15) is 4.79 Å². The summed E-state index contributed by atoms with van der Waals surface area (Å²) in [5.41, 5.74) is 0. The van der Waals surface area contributed by atoms with E-state index >= 15 is 0 Å². The largest absolute Gasteiger partial charge is 0.373 e. The van der Waals surface area contributed by atoms with E-state index in [0.717, 1.165) is 32.8 Å². The first-order chi connectivity index (χ1) is 7.83. The third-order valence-electron chi connectivity index (χ3n) is 3.83. The number of hydrogen-bond acceptors (Lipinski definition) is 3. The van der Waals surface area contributed by atoms with Gasteiger partial charge in [-0.3, -0.25) is 4.90 Å². The molecule has 0 aromatic heterocycles. The number of rotatable bonds is 2. The van der Waals surface area contributed by atoms with Crippen molar-refractivity contribution in [1.29, 1.82) is 0 Å². The van der Waals surface area contributed by atoms with Crippen molar-refractivity contribution in [1.82, 2.24) is 15.1 Å². The SMILES string of the molecule is O=C1NCCN1CC1CN2CCCC2CO1. The van der Waals surface area contributed by atoms with Gasteiger partial charge in [0.05, 0.1) is 12.7 Å². The molecule has 0 radical (unpaired) electrons. The van der Waals surface area contributed by atoms with E-state index < -0.39 is 0 Å². The molecule has 0 aromatic carbocycles. The summed E-state index contributed by atoms with van der Waals surface area (Å²) < 4.78 is 5.84. The molecule has 3 rings (SSSR count). The Bertz CT molecular complexity index is 284. The molecule has 5 heteroatoms. The van der Waals surface area contributed by atoms with Crippen LogP contribution in [-0.4, -0.2) is 67.3 Å². The highest BCUT2D eigenvalue weighted by atomic mass is 16.5. The molecule has 2 amide bonds. The quantitative estimate of drug-likeness (QED) is 0.712. The van der Waals surface area contributed by atoms with Crippen LogP contribution in [0.15, 0.2) is 0 Å². The normalized spacial score (nSPS) is 35.2. The van der Waals surface area contributed by atoms with E-state index in [0.29, 0.717) is 6.04 Å². The van der Waals surface area contributed by atoms with E-state index in [2.05, 4.69) is 10.2 Å². The molecule has 0 aromatic rings. The van der Waals surface area contributed by atoms with Crippen molar-refractivity contribution < 1.29 is 9.53 Å². The van der Waals surface area contributed by atoms with Crippen molar-refractivity contribution in [3.05, 3.63) is 0 Å². The van der Waals surface area contributed by atoms with Crippen molar-refractivity contribution >= 4 is 6.03 Å². The summed E-state index contributed by atoms with van der Waals surface area (Å²) in [5.74, 6) is 0. The predicted molar refractivity (Wildman–Crippen MR) is 59.3 cm³/mol. The molecule has 0 saturated carbocycles. The Labute approximate surface area is 95.7 Å². The molecule has 0 bridgehead atoms. The Morgan fingerprint density at radius 2 is 2.38 bits per heavy atom. The van der Waals surface area contributed by atoms with Crippen molar-refractivity contribution in [3.8, 4) is 0 Å². The highest BCUT2D eigenvalue weighted by Gasteiger charge is 2.34. The Hall–Kier alpha value is -0.810. The van der Waals surface area contributed by atoms with Gasteiger partial charge in [0.1, 0.15) is 0 Å². The van der Waals surface area contributed by atoms with Crippen molar-refractivity contribution in [2.75, 3.05) is 39.3 Å². The number of carbonyl (C=O) groups excluding carboxylic acids is 1. The minimum Gasteiger partial charge on any atom is -0.373 e. The molecule has 3 saturated heterocycles. The van der Waals surface area contributed by atoms with Gasteiger partial charge in [-0.15, -0.1) is 0 Å². The number of carbonyl (C=O) groups is 1. The monoisotopic (exact) mass is 225 g/mol. The third-order valence-corrected chi connectivity index (χ3v) is 3.83. The average Bonchev–Trinajstić information content (AvgIpc) is 2.88. The molecule has 3 fully saturated rings. The standard InChI is InChI=1S/C11H19N3O2/c15-11-12-3-5-14(11)7-10-6-13-4-1-2-9(13)8-16-10/h9-10H,1-8H2,(H,12,15). The van der Waals surface area contributed by atoms with Crippen LogP contribution in [0.5, 0.6) is 0 Å². The van der Waals surface area contributed by atoms with Gasteiger partial charge >= 0.3 is 6.03 Å². The molecule has 1 N–H and O–H groups in total. The summed E-state index contributed by atoms with van der Waals surface area (Å²) in [6, 6.07) is 0.704. The molecule has 16 heavy (non-hydrogen) atoms. The zero-order valence-corrected chi connectivity index (χ0v) is 9.52. The molecular formula is C11H19N3O2. The number of morpholine rings is 1. The molecule has 3 heterocycles. The van der Waals surface area contributed by atoms with Crippen molar-refractivity contribution in [3.63, 3.8) is 0 Å². The minimum absolute atomic E-state index is 0.0622. The molecule has 3 aliphatic heterocycles. The number of urea groups is 1. The summed E-state index contributed by atoms with van der Waals surface area (Å²) in [5, 5.41) is 2.82. The van der Waals surface area contributed by atoms with Gasteiger partial charge in [-0.25, -0.2) is 4.79 Å². The fourth-order valence-electron chi connectivity index (χ4n) is 2.93. The fourth-order valence-corrected chi connectivity index (χ4v) is 2.93. The zero-order chi connectivity index (χ0) is 11.0. The van der Waals surface area contributed by atoms with Crippen LogP contribution in [0.1, 0.15) is 12.8 Å². The van der Waals surface area contributed by atoms with E-state index in [1.165, 1.54) is 19.4 Å². The Morgan fingerprint density at radius 1 is 1.44 bits per heavy atom. The predicted octanol–water partition coefficient (Wildman–Crippen LogP) is -0.125. The van der Waals surface area contributed by atoms with Gasteiger partial charge < -0.3 is 15.0 Å². The highest BCUT2D eigenvalue weighted by Crippen LogP contribution is 2.23. The van der Waals surface area contributed by atoms with Crippen LogP contribution in [-0.2, 0) is 4.74 Å². The van der Waals surface area contributed by atoms with Crippen LogP contribution in [0.4, 0.5) is 4.79 Å². The van der Waals surface area contributed by atoms with Gasteiger partial charge in [0.25, 0.3) is 0 Å². The number of ether oxygens (including phenoxy) is 1. The topological polar surface area (TPSA) is 44.8 Å². The summed E-state index contributed by atoms with van der Waals surface area (Å²) >= 11 is 0. The smallest absolute Gasteiger partial charge is 0.317 e. The molecular weight excluding hydrogens is 206 g/mol. The van der Waals surface area contributed by atoms with Crippen molar-refractivity contribution in [2.24, 2.45) is 0 Å². The number of amides is 2. The number of fused-ring (bicyclic) bond motifs is 1. The lowest BCUT2D eigenvalue weighted by molar-refractivity contribution is -0.0555. The van der Waals surface area contributed by atoms with E-state index in [1.54, 1.807) is 0 Å². The van der Waals surface area contributed by atoms with E-state index in [1.807, 2.05) is 4.90 Å². The first-order valence-corrected chi connectivity index (χ1v) is 6.21. The van der Waals surface area contributed by atoms with Gasteiger partial charge in [0, 0.05) is 32.2 Å². The molecule has 5 nitrogen and oxygen atoms in total. The van der Waals surface area contributed by atoms with Gasteiger partial charge in [-0.05, 0) is 19.4 Å². The summed E-state index contributed by atoms with van der Waals surface area (Å²) in [6.07, 6.45) is 2.78. The number of nitrogens with one attached hydrogen (secondary N) is 1. The van der Waals surface area contributed by atoms with Crippen LogP contribution in [0, 0.1) is 0 Å². The molecule has 3 aliphatic rings. The summed E-state index contributed by atoms with van der Waals surface area (Å²) in [4.78, 5) is 15.8. The second-order valence-corrected chi connectivity index (χ2v) is 4.92. The van der Waals surface area contributed by atoms with Gasteiger partial charge in [-0.1, -0.05) is 0 Å². The lowest BCUT2D eigenvalue weighted by Crippen LogP contribution is -2.50. The lowest BCUT2D eigenvalue weighted by atomic mass is 10.2. The van der Waals surface area contributed by atoms with Gasteiger partial charge in [-0.2, -0.15) is 0 Å². The first kappa shape index (κ1) is 10.4. The average molecular weight is 225 g/mol. The van der Waals surface area contributed by atoms with Gasteiger partial charge in [0.15, 0.2) is 0 Å². The molecule has 2 atom stereocenters. The zero-order valence-electron chi connectivity index (χ0n) is 9.52. The van der Waals surface area contributed by atoms with Gasteiger partial charge in [0.2, 0.25) is 0 Å². The Morgan fingerprint density at radius 3 is 3.19 bits per heavy atom.